The van der Waals surface area contributed by atoms with Crippen LogP contribution in [-0.4, -0.2) is 43.2 Å². The van der Waals surface area contributed by atoms with Crippen molar-refractivity contribution in [2.45, 2.75) is 19.4 Å². The molecule has 2 aromatic carbocycles. The number of piperidine rings is 1. The standard InChI is InChI=1S/C21H26N2O4/c1-26-17-6-8-20(27-2)18(11-17)14-5-7-19(24)16(10-14)13-23-9-3-4-15(12-23)21(22)25/h5-8,10-11,15,24H,3-4,9,12-13H2,1-2H3,(H2,22,25)/t15-/m1/s1. The van der Waals surface area contributed by atoms with Crippen molar-refractivity contribution in [3.8, 4) is 28.4 Å². The van der Waals surface area contributed by atoms with Gasteiger partial charge in [-0.05, 0) is 55.3 Å². The van der Waals surface area contributed by atoms with Gasteiger partial charge in [0, 0.05) is 24.2 Å². The molecule has 1 aliphatic rings. The van der Waals surface area contributed by atoms with Crippen LogP contribution in [0.3, 0.4) is 0 Å². The fourth-order valence-corrected chi connectivity index (χ4v) is 3.59. The van der Waals surface area contributed by atoms with E-state index in [4.69, 9.17) is 15.2 Å². The lowest BCUT2D eigenvalue weighted by atomic mass is 9.96. The van der Waals surface area contributed by atoms with Crippen LogP contribution in [0.4, 0.5) is 0 Å². The van der Waals surface area contributed by atoms with E-state index in [-0.39, 0.29) is 17.6 Å². The summed E-state index contributed by atoms with van der Waals surface area (Å²) in [6.07, 6.45) is 1.76. The number of hydrogen-bond acceptors (Lipinski definition) is 5. The van der Waals surface area contributed by atoms with Gasteiger partial charge in [0.2, 0.25) is 5.91 Å². The number of rotatable bonds is 6. The second-order valence-corrected chi connectivity index (χ2v) is 6.89. The monoisotopic (exact) mass is 370 g/mol. The fourth-order valence-electron chi connectivity index (χ4n) is 3.59. The number of carbonyl (C=O) groups is 1. The molecule has 3 N–H and O–H groups in total. The summed E-state index contributed by atoms with van der Waals surface area (Å²) in [4.78, 5) is 13.7. The minimum absolute atomic E-state index is 0.123. The Morgan fingerprint density at radius 2 is 2.04 bits per heavy atom. The maximum Gasteiger partial charge on any atom is 0.221 e. The van der Waals surface area contributed by atoms with Gasteiger partial charge in [-0.3, -0.25) is 9.69 Å². The zero-order chi connectivity index (χ0) is 19.4. The first kappa shape index (κ1) is 19.0. The van der Waals surface area contributed by atoms with Gasteiger partial charge in [0.15, 0.2) is 0 Å². The van der Waals surface area contributed by atoms with Crippen molar-refractivity contribution >= 4 is 5.91 Å². The van der Waals surface area contributed by atoms with Gasteiger partial charge in [-0.1, -0.05) is 6.07 Å². The Morgan fingerprint density at radius 3 is 2.74 bits per heavy atom. The average Bonchev–Trinajstić information content (AvgIpc) is 2.69. The number of nitrogens with zero attached hydrogens (tertiary/aromatic N) is 1. The van der Waals surface area contributed by atoms with E-state index in [1.807, 2.05) is 30.3 Å². The van der Waals surface area contributed by atoms with Crippen LogP contribution in [0.1, 0.15) is 18.4 Å². The van der Waals surface area contributed by atoms with E-state index < -0.39 is 0 Å². The van der Waals surface area contributed by atoms with Gasteiger partial charge >= 0.3 is 0 Å². The summed E-state index contributed by atoms with van der Waals surface area (Å²) in [5.74, 6) is 1.34. The number of ether oxygens (including phenoxy) is 2. The summed E-state index contributed by atoms with van der Waals surface area (Å²) in [5, 5.41) is 10.3. The molecule has 1 heterocycles. The summed E-state index contributed by atoms with van der Waals surface area (Å²) in [5.41, 5.74) is 8.11. The highest BCUT2D eigenvalue weighted by Crippen LogP contribution is 2.36. The van der Waals surface area contributed by atoms with Gasteiger partial charge in [0.1, 0.15) is 17.2 Å². The van der Waals surface area contributed by atoms with Crippen molar-refractivity contribution in [3.05, 3.63) is 42.0 Å². The molecule has 0 spiro atoms. The van der Waals surface area contributed by atoms with E-state index in [9.17, 15) is 9.90 Å². The number of phenolic OH excluding ortho intramolecular Hbond substituents is 1. The quantitative estimate of drug-likeness (QED) is 0.817. The largest absolute Gasteiger partial charge is 0.508 e. The molecule has 2 aromatic rings. The molecule has 0 bridgehead atoms. The Bertz CT molecular complexity index is 822. The number of likely N-dealkylation sites (tertiary alicyclic amines) is 1. The van der Waals surface area contributed by atoms with Crippen LogP contribution in [0.15, 0.2) is 36.4 Å². The summed E-state index contributed by atoms with van der Waals surface area (Å²) in [7, 11) is 3.25. The first-order chi connectivity index (χ1) is 13.0. The predicted molar refractivity (Wildman–Crippen MR) is 104 cm³/mol. The molecule has 1 atom stereocenters. The second kappa shape index (κ2) is 8.31. The molecule has 1 amide bonds. The van der Waals surface area contributed by atoms with E-state index >= 15 is 0 Å². The van der Waals surface area contributed by atoms with E-state index in [1.165, 1.54) is 0 Å². The van der Waals surface area contributed by atoms with Gasteiger partial charge in [-0.25, -0.2) is 0 Å². The van der Waals surface area contributed by atoms with Crippen molar-refractivity contribution in [1.29, 1.82) is 0 Å². The van der Waals surface area contributed by atoms with Crippen LogP contribution in [0.25, 0.3) is 11.1 Å². The number of aromatic hydroxyl groups is 1. The first-order valence-corrected chi connectivity index (χ1v) is 9.07. The van der Waals surface area contributed by atoms with Crippen LogP contribution in [0, 0.1) is 5.92 Å². The van der Waals surface area contributed by atoms with Gasteiger partial charge in [0.05, 0.1) is 20.1 Å². The van der Waals surface area contributed by atoms with Crippen molar-refractivity contribution in [2.24, 2.45) is 11.7 Å². The molecular weight excluding hydrogens is 344 g/mol. The van der Waals surface area contributed by atoms with E-state index in [0.717, 1.165) is 47.6 Å². The predicted octanol–water partition coefficient (Wildman–Crippen LogP) is 2.77. The molecule has 144 valence electrons. The number of phenols is 1. The van der Waals surface area contributed by atoms with Crippen LogP contribution in [0.2, 0.25) is 0 Å². The van der Waals surface area contributed by atoms with Gasteiger partial charge < -0.3 is 20.3 Å². The number of methoxy groups -OCH3 is 2. The molecule has 0 radical (unpaired) electrons. The average molecular weight is 370 g/mol. The number of nitrogens with two attached hydrogens (primary N) is 1. The molecule has 0 aromatic heterocycles. The highest BCUT2D eigenvalue weighted by Gasteiger charge is 2.24. The third-order valence-corrected chi connectivity index (χ3v) is 5.10. The van der Waals surface area contributed by atoms with Crippen LogP contribution >= 0.6 is 0 Å². The molecule has 0 unspecified atom stereocenters. The van der Waals surface area contributed by atoms with Gasteiger partial charge in [-0.15, -0.1) is 0 Å². The summed E-state index contributed by atoms with van der Waals surface area (Å²) in [6.45, 7) is 2.08. The van der Waals surface area contributed by atoms with E-state index in [2.05, 4.69) is 4.90 Å². The highest BCUT2D eigenvalue weighted by molar-refractivity contribution is 5.77. The Morgan fingerprint density at radius 1 is 1.22 bits per heavy atom. The molecule has 3 rings (SSSR count). The van der Waals surface area contributed by atoms with Crippen molar-refractivity contribution in [2.75, 3.05) is 27.3 Å². The molecule has 0 aliphatic carbocycles. The molecular formula is C21H26N2O4. The smallest absolute Gasteiger partial charge is 0.221 e. The number of benzene rings is 2. The lowest BCUT2D eigenvalue weighted by Gasteiger charge is -2.31. The van der Waals surface area contributed by atoms with Crippen molar-refractivity contribution < 1.29 is 19.4 Å². The normalized spacial score (nSPS) is 17.5. The maximum absolute atomic E-state index is 11.5. The molecule has 1 saturated heterocycles. The lowest BCUT2D eigenvalue weighted by Crippen LogP contribution is -2.40. The third kappa shape index (κ3) is 4.34. The Balaban J connectivity index is 1.88. The summed E-state index contributed by atoms with van der Waals surface area (Å²) < 4.78 is 10.8. The van der Waals surface area contributed by atoms with Crippen LogP contribution < -0.4 is 15.2 Å². The zero-order valence-electron chi connectivity index (χ0n) is 15.8. The lowest BCUT2D eigenvalue weighted by molar-refractivity contribution is -0.123. The van der Waals surface area contributed by atoms with Crippen LogP contribution in [-0.2, 0) is 11.3 Å². The van der Waals surface area contributed by atoms with Crippen molar-refractivity contribution in [1.82, 2.24) is 4.90 Å². The molecule has 27 heavy (non-hydrogen) atoms. The molecule has 6 heteroatoms. The summed E-state index contributed by atoms with van der Waals surface area (Å²) in [6, 6.07) is 11.1. The topological polar surface area (TPSA) is 85.0 Å². The maximum atomic E-state index is 11.5. The molecule has 1 aliphatic heterocycles. The minimum atomic E-state index is -0.251. The highest BCUT2D eigenvalue weighted by atomic mass is 16.5. The Kier molecular flexibility index (Phi) is 5.86. The SMILES string of the molecule is COc1ccc(OC)c(-c2ccc(O)c(CN3CCC[C@@H](C(N)=O)C3)c2)c1. The van der Waals surface area contributed by atoms with E-state index in [0.29, 0.717) is 13.1 Å². The minimum Gasteiger partial charge on any atom is -0.508 e. The first-order valence-electron chi connectivity index (χ1n) is 9.07. The summed E-state index contributed by atoms with van der Waals surface area (Å²) >= 11 is 0. The Labute approximate surface area is 159 Å². The number of primary amides is 1. The number of carbonyl (C=O) groups excluding carboxylic acids is 1. The van der Waals surface area contributed by atoms with Gasteiger partial charge in [0.25, 0.3) is 0 Å². The second-order valence-electron chi connectivity index (χ2n) is 6.89. The number of hydrogen-bond donors (Lipinski definition) is 2. The zero-order valence-corrected chi connectivity index (χ0v) is 15.8. The molecule has 0 saturated carbocycles. The molecule has 6 nitrogen and oxygen atoms in total. The number of amides is 1. The Hall–Kier alpha value is -2.73. The molecule has 1 fully saturated rings. The third-order valence-electron chi connectivity index (χ3n) is 5.10. The van der Waals surface area contributed by atoms with E-state index in [1.54, 1.807) is 20.3 Å². The van der Waals surface area contributed by atoms with Gasteiger partial charge in [-0.2, -0.15) is 0 Å². The fraction of sp³-hybridized carbons (Fsp3) is 0.381. The van der Waals surface area contributed by atoms with Crippen LogP contribution in [0.5, 0.6) is 17.2 Å². The van der Waals surface area contributed by atoms with Crippen molar-refractivity contribution in [3.63, 3.8) is 0 Å².